The minimum Gasteiger partial charge on any atom is -0.298 e. The third-order valence-corrected chi connectivity index (χ3v) is 3.50. The molecular weight excluding hydrogens is 327 g/mol. The molecular formula is C15H10Cl2N2O3. The van der Waals surface area contributed by atoms with E-state index < -0.39 is 5.78 Å². The summed E-state index contributed by atoms with van der Waals surface area (Å²) in [6.07, 6.45) is 1.17. The zero-order valence-electron chi connectivity index (χ0n) is 11.1. The Morgan fingerprint density at radius 3 is 1.55 bits per heavy atom. The fourth-order valence-corrected chi connectivity index (χ4v) is 2.49. The van der Waals surface area contributed by atoms with Gasteiger partial charge in [-0.25, -0.2) is 0 Å². The van der Waals surface area contributed by atoms with Crippen molar-refractivity contribution in [3.63, 3.8) is 0 Å². The van der Waals surface area contributed by atoms with Crippen LogP contribution in [0.3, 0.4) is 0 Å². The van der Waals surface area contributed by atoms with Gasteiger partial charge < -0.3 is 0 Å². The van der Waals surface area contributed by atoms with Gasteiger partial charge >= 0.3 is 0 Å². The van der Waals surface area contributed by atoms with E-state index >= 15 is 0 Å². The number of carbonyl (C=O) groups excluding carboxylic acids is 3. The van der Waals surface area contributed by atoms with E-state index in [1.54, 1.807) is 12.1 Å². The van der Waals surface area contributed by atoms with Gasteiger partial charge in [-0.05, 0) is 24.3 Å². The number of aldehydes is 2. The van der Waals surface area contributed by atoms with Crippen LogP contribution >= 0.6 is 23.6 Å². The average molecular weight is 337 g/mol. The molecule has 7 heteroatoms. The molecule has 0 unspecified atom stereocenters. The van der Waals surface area contributed by atoms with Gasteiger partial charge in [0, 0.05) is 45.8 Å². The highest BCUT2D eigenvalue weighted by molar-refractivity contribution is 6.30. The third-order valence-electron chi connectivity index (χ3n) is 3.13. The molecule has 0 spiro atoms. The maximum absolute atomic E-state index is 12.7. The van der Waals surface area contributed by atoms with E-state index in [9.17, 15) is 14.4 Å². The highest BCUT2D eigenvalue weighted by atomic mass is 35.5. The van der Waals surface area contributed by atoms with E-state index in [0.717, 1.165) is 0 Å². The van der Waals surface area contributed by atoms with Gasteiger partial charge in [-0.3, -0.25) is 24.1 Å². The van der Waals surface area contributed by atoms with E-state index in [2.05, 4.69) is 9.67 Å². The number of benzene rings is 2. The highest BCUT2D eigenvalue weighted by Gasteiger charge is 2.20. The molecule has 2 aromatic carbocycles. The number of nitrogens with one attached hydrogen (secondary N) is 2. The number of halogens is 2. The minimum atomic E-state index is -0.432. The first-order chi connectivity index (χ1) is 10.7. The summed E-state index contributed by atoms with van der Waals surface area (Å²) in [6, 6.07) is 9.21. The van der Waals surface area contributed by atoms with Gasteiger partial charge in [-0.15, -0.1) is 0 Å². The molecule has 2 aromatic rings. The van der Waals surface area contributed by atoms with Crippen LogP contribution in [-0.4, -0.2) is 18.4 Å². The van der Waals surface area contributed by atoms with Crippen molar-refractivity contribution < 1.29 is 14.4 Å². The number of hydrogen-bond acceptors (Lipinski definition) is 5. The van der Waals surface area contributed by atoms with Crippen LogP contribution in [0.4, 0.5) is 11.4 Å². The summed E-state index contributed by atoms with van der Waals surface area (Å²) in [5.41, 5.74) is 1.26. The van der Waals surface area contributed by atoms with E-state index in [-0.39, 0.29) is 33.6 Å². The molecule has 0 aromatic heterocycles. The highest BCUT2D eigenvalue weighted by Crippen LogP contribution is 2.28. The molecule has 112 valence electrons. The molecule has 0 saturated carbocycles. The predicted molar refractivity (Wildman–Crippen MR) is 86.0 cm³/mol. The summed E-state index contributed by atoms with van der Waals surface area (Å²) in [5, 5.41) is 0. The molecule has 2 N–H and O–H groups in total. The molecule has 5 nitrogen and oxygen atoms in total. The molecule has 0 saturated heterocycles. The molecule has 0 amide bonds. The molecule has 0 aliphatic heterocycles. The fourth-order valence-electron chi connectivity index (χ4n) is 2.07. The molecule has 0 heterocycles. The van der Waals surface area contributed by atoms with Crippen molar-refractivity contribution in [1.82, 2.24) is 0 Å². The second-order valence-electron chi connectivity index (χ2n) is 4.29. The fraction of sp³-hybridized carbons (Fsp3) is 0. The Labute approximate surface area is 136 Å². The van der Waals surface area contributed by atoms with Crippen LogP contribution in [0.25, 0.3) is 0 Å². The van der Waals surface area contributed by atoms with Crippen LogP contribution in [0, 0.1) is 0 Å². The predicted octanol–water partition coefficient (Wildman–Crippen LogP) is 3.67. The smallest absolute Gasteiger partial charge is 0.197 e. The van der Waals surface area contributed by atoms with E-state index in [1.165, 1.54) is 24.3 Å². The third kappa shape index (κ3) is 2.81. The Kier molecular flexibility index (Phi) is 5.14. The second kappa shape index (κ2) is 7.06. The second-order valence-corrected chi connectivity index (χ2v) is 4.67. The molecule has 0 fully saturated rings. The van der Waals surface area contributed by atoms with Gasteiger partial charge in [-0.2, -0.15) is 0 Å². The molecule has 2 rings (SSSR count). The average Bonchev–Trinajstić information content (AvgIpc) is 2.59. The normalized spacial score (nSPS) is 9.91. The molecule has 0 bridgehead atoms. The Balaban J connectivity index is 2.63. The molecule has 0 aliphatic rings. The van der Waals surface area contributed by atoms with Gasteiger partial charge in [0.15, 0.2) is 18.4 Å². The number of ketones is 1. The molecule has 0 radical (unpaired) electrons. The molecule has 0 aliphatic carbocycles. The summed E-state index contributed by atoms with van der Waals surface area (Å²) >= 11 is 11.2. The first-order valence-corrected chi connectivity index (χ1v) is 6.87. The first-order valence-electron chi connectivity index (χ1n) is 6.12. The van der Waals surface area contributed by atoms with Gasteiger partial charge in [0.05, 0.1) is 11.4 Å². The van der Waals surface area contributed by atoms with E-state index in [1.807, 2.05) is 0 Å². The number of carbonyl (C=O) groups is 3. The van der Waals surface area contributed by atoms with Gasteiger partial charge in [0.1, 0.15) is 0 Å². The Morgan fingerprint density at radius 2 is 1.23 bits per heavy atom. The zero-order valence-corrected chi connectivity index (χ0v) is 12.6. The van der Waals surface area contributed by atoms with Crippen molar-refractivity contribution in [2.45, 2.75) is 0 Å². The standard InChI is InChI=1S/C15H10Cl2N2O3/c16-18-13-9(7-20)3-1-5-11(13)15(22)12-6-2-4-10(8-21)14(12)19-17/h1-8,18-19H. The summed E-state index contributed by atoms with van der Waals surface area (Å²) in [4.78, 5) is 39.4. The Hall–Kier alpha value is -2.37. The van der Waals surface area contributed by atoms with Crippen LogP contribution in [0.5, 0.6) is 0 Å². The van der Waals surface area contributed by atoms with Crippen LogP contribution in [0.15, 0.2) is 36.4 Å². The van der Waals surface area contributed by atoms with Gasteiger partial charge in [-0.1, -0.05) is 12.1 Å². The van der Waals surface area contributed by atoms with Crippen LogP contribution in [0.1, 0.15) is 36.6 Å². The lowest BCUT2D eigenvalue weighted by atomic mass is 9.96. The summed E-state index contributed by atoms with van der Waals surface area (Å²) in [5.74, 6) is -0.432. The summed E-state index contributed by atoms with van der Waals surface area (Å²) in [7, 11) is 0. The molecule has 0 atom stereocenters. The monoisotopic (exact) mass is 336 g/mol. The summed E-state index contributed by atoms with van der Waals surface area (Å²) < 4.78 is 0. The van der Waals surface area contributed by atoms with E-state index in [4.69, 9.17) is 23.6 Å². The number of rotatable bonds is 6. The SMILES string of the molecule is O=Cc1cccc(C(=O)c2cccc(C=O)c2NCl)c1NCl. The lowest BCUT2D eigenvalue weighted by Gasteiger charge is -2.12. The van der Waals surface area contributed by atoms with Crippen LogP contribution < -0.4 is 9.67 Å². The van der Waals surface area contributed by atoms with Crippen LogP contribution in [0.2, 0.25) is 0 Å². The van der Waals surface area contributed by atoms with Crippen molar-refractivity contribution in [2.24, 2.45) is 0 Å². The molecule has 22 heavy (non-hydrogen) atoms. The lowest BCUT2D eigenvalue weighted by molar-refractivity contribution is 0.104. The number of hydrogen-bond donors (Lipinski definition) is 2. The number of anilines is 2. The Morgan fingerprint density at radius 1 is 0.818 bits per heavy atom. The first kappa shape index (κ1) is 16.0. The topological polar surface area (TPSA) is 75.3 Å². The van der Waals surface area contributed by atoms with E-state index in [0.29, 0.717) is 12.6 Å². The van der Waals surface area contributed by atoms with Crippen molar-refractivity contribution in [3.8, 4) is 0 Å². The van der Waals surface area contributed by atoms with Gasteiger partial charge in [0.2, 0.25) is 0 Å². The van der Waals surface area contributed by atoms with Crippen LogP contribution in [-0.2, 0) is 0 Å². The zero-order chi connectivity index (χ0) is 16.1. The van der Waals surface area contributed by atoms with Crippen molar-refractivity contribution in [1.29, 1.82) is 0 Å². The summed E-state index contributed by atoms with van der Waals surface area (Å²) in [6.45, 7) is 0. The van der Waals surface area contributed by atoms with Crippen molar-refractivity contribution in [3.05, 3.63) is 58.7 Å². The van der Waals surface area contributed by atoms with Crippen molar-refractivity contribution >= 4 is 53.3 Å². The van der Waals surface area contributed by atoms with Crippen molar-refractivity contribution in [2.75, 3.05) is 9.67 Å². The maximum Gasteiger partial charge on any atom is 0.197 e. The Bertz CT molecular complexity index is 686. The van der Waals surface area contributed by atoms with Gasteiger partial charge in [0.25, 0.3) is 0 Å². The minimum absolute atomic E-state index is 0.191. The maximum atomic E-state index is 12.7. The lowest BCUT2D eigenvalue weighted by Crippen LogP contribution is -2.09. The number of para-hydroxylation sites is 2. The quantitative estimate of drug-likeness (QED) is 0.478. The largest absolute Gasteiger partial charge is 0.298 e.